The van der Waals surface area contributed by atoms with Crippen LogP contribution >= 0.6 is 23.1 Å². The van der Waals surface area contributed by atoms with Crippen molar-refractivity contribution in [3.63, 3.8) is 0 Å². The van der Waals surface area contributed by atoms with E-state index in [1.807, 2.05) is 112 Å². The van der Waals surface area contributed by atoms with Gasteiger partial charge < -0.3 is 20.6 Å². The Hall–Kier alpha value is -4.91. The molecular weight excluding hydrogens is 751 g/mol. The second-order valence-corrected chi connectivity index (χ2v) is 17.8. The lowest BCUT2D eigenvalue weighted by atomic mass is 9.84. The molecule has 5 aromatic rings. The van der Waals surface area contributed by atoms with E-state index in [1.54, 1.807) is 17.6 Å². The number of carbonyl (C=O) groups excluding carboxylic acids is 3. The van der Waals surface area contributed by atoms with Gasteiger partial charge in [-0.1, -0.05) is 103 Å². The Bertz CT molecular complexity index is 2100. The maximum absolute atomic E-state index is 15.4. The van der Waals surface area contributed by atoms with Crippen LogP contribution < -0.4 is 10.6 Å². The molecule has 3 N–H and O–H groups in total. The molecule has 1 aliphatic heterocycles. The van der Waals surface area contributed by atoms with E-state index in [0.717, 1.165) is 27.3 Å². The van der Waals surface area contributed by atoms with Gasteiger partial charge in [0.25, 0.3) is 5.91 Å². The third kappa shape index (κ3) is 7.87. The van der Waals surface area contributed by atoms with Crippen LogP contribution in [0.15, 0.2) is 115 Å². The van der Waals surface area contributed by atoms with Gasteiger partial charge in [-0.25, -0.2) is 13.8 Å². The molecule has 1 aliphatic carbocycles. The zero-order valence-electron chi connectivity index (χ0n) is 31.4. The number of aliphatic hydroxyl groups is 1. The summed E-state index contributed by atoms with van der Waals surface area (Å²) in [5.74, 6) is -2.48. The van der Waals surface area contributed by atoms with E-state index in [2.05, 4.69) is 15.6 Å². The zero-order chi connectivity index (χ0) is 39.7. The summed E-state index contributed by atoms with van der Waals surface area (Å²) in [6, 6.07) is 32.0. The fourth-order valence-corrected chi connectivity index (χ4v) is 10.1. The molecule has 12 heteroatoms. The summed E-state index contributed by atoms with van der Waals surface area (Å²) in [4.78, 5) is 48.6. The first-order chi connectivity index (χ1) is 26.8. The Morgan fingerprint density at radius 1 is 0.946 bits per heavy atom. The Kier molecular flexibility index (Phi) is 11.2. The van der Waals surface area contributed by atoms with Crippen molar-refractivity contribution in [2.45, 2.75) is 79.9 Å². The zero-order valence-corrected chi connectivity index (χ0v) is 33.0. The summed E-state index contributed by atoms with van der Waals surface area (Å²) >= 11 is 2.80. The van der Waals surface area contributed by atoms with Gasteiger partial charge in [-0.3, -0.25) is 14.4 Å². The van der Waals surface area contributed by atoms with Crippen LogP contribution in [-0.4, -0.2) is 67.9 Å². The summed E-state index contributed by atoms with van der Waals surface area (Å²) in [5.41, 5.74) is 4.01. The van der Waals surface area contributed by atoms with Crippen LogP contribution in [-0.2, 0) is 25.7 Å². The molecule has 1 saturated heterocycles. The van der Waals surface area contributed by atoms with Crippen molar-refractivity contribution in [1.82, 2.24) is 20.5 Å². The molecule has 0 bridgehead atoms. The van der Waals surface area contributed by atoms with Crippen LogP contribution in [0.3, 0.4) is 0 Å². The minimum atomic E-state index is -2.08. The Morgan fingerprint density at radius 3 is 2.02 bits per heavy atom. The van der Waals surface area contributed by atoms with E-state index >= 15 is 8.78 Å². The molecule has 0 spiro atoms. The van der Waals surface area contributed by atoms with E-state index in [9.17, 15) is 19.5 Å². The van der Waals surface area contributed by atoms with Gasteiger partial charge in [-0.05, 0) is 61.9 Å². The number of aliphatic hydroxyl groups excluding tert-OH is 1. The van der Waals surface area contributed by atoms with E-state index in [-0.39, 0.29) is 32.4 Å². The summed E-state index contributed by atoms with van der Waals surface area (Å²) in [6.07, 6.45) is -0.963. The lowest BCUT2D eigenvalue weighted by molar-refractivity contribution is -0.143. The SMILES string of the molecule is Cc1ncsc1-c1ccc(CNC(=O)[C@H]2C[C@@H](O)CN2C(=O)C(NC(=O)C2(F)CC2)C(C)(C)SC(c2ccccc2)(c2ccccc2)c2ccccc2)cc1F. The third-order valence-electron chi connectivity index (χ3n) is 10.6. The Balaban J connectivity index is 1.20. The molecule has 3 amide bonds. The first kappa shape index (κ1) is 39.3. The van der Waals surface area contributed by atoms with E-state index < -0.39 is 56.9 Å². The average Bonchev–Trinajstić information content (AvgIpc) is 3.62. The number of benzene rings is 4. The predicted octanol–water partition coefficient (Wildman–Crippen LogP) is 7.33. The maximum atomic E-state index is 15.4. The number of halogens is 2. The number of thiazole rings is 1. The van der Waals surface area contributed by atoms with Crippen molar-refractivity contribution in [3.05, 3.63) is 148 Å². The van der Waals surface area contributed by atoms with Crippen molar-refractivity contribution in [3.8, 4) is 10.4 Å². The van der Waals surface area contributed by atoms with Crippen molar-refractivity contribution in [2.75, 3.05) is 6.54 Å². The molecule has 1 saturated carbocycles. The first-order valence-electron chi connectivity index (χ1n) is 18.6. The summed E-state index contributed by atoms with van der Waals surface area (Å²) in [7, 11) is 0. The fourth-order valence-electron chi connectivity index (χ4n) is 7.47. The molecule has 7 rings (SSSR count). The largest absolute Gasteiger partial charge is 0.391 e. The molecule has 290 valence electrons. The molecule has 56 heavy (non-hydrogen) atoms. The Morgan fingerprint density at radius 2 is 1.52 bits per heavy atom. The van der Waals surface area contributed by atoms with Gasteiger partial charge in [0.1, 0.15) is 17.9 Å². The molecule has 1 aromatic heterocycles. The Labute approximate surface area is 333 Å². The van der Waals surface area contributed by atoms with Crippen LogP contribution in [0.4, 0.5) is 8.78 Å². The van der Waals surface area contributed by atoms with Gasteiger partial charge in [0, 0.05) is 29.8 Å². The third-order valence-corrected chi connectivity index (χ3v) is 13.4. The minimum Gasteiger partial charge on any atom is -0.391 e. The number of hydrogen-bond donors (Lipinski definition) is 3. The summed E-state index contributed by atoms with van der Waals surface area (Å²) in [6.45, 7) is 5.31. The van der Waals surface area contributed by atoms with Gasteiger partial charge in [0.05, 0.1) is 26.9 Å². The van der Waals surface area contributed by atoms with Crippen molar-refractivity contribution >= 4 is 40.8 Å². The first-order valence-corrected chi connectivity index (χ1v) is 20.3. The number of nitrogens with one attached hydrogen (secondary N) is 2. The average molecular weight is 795 g/mol. The predicted molar refractivity (Wildman–Crippen MR) is 216 cm³/mol. The summed E-state index contributed by atoms with van der Waals surface area (Å²) in [5, 5.41) is 16.5. The van der Waals surface area contributed by atoms with Crippen molar-refractivity contribution < 1.29 is 28.3 Å². The highest BCUT2D eigenvalue weighted by atomic mass is 32.2. The van der Waals surface area contributed by atoms with Gasteiger partial charge in [0.2, 0.25) is 11.8 Å². The number of thioether (sulfide) groups is 1. The monoisotopic (exact) mass is 794 g/mol. The van der Waals surface area contributed by atoms with Gasteiger partial charge >= 0.3 is 0 Å². The molecule has 2 heterocycles. The standard InChI is InChI=1S/C44H44F2N4O4S2/c1-28-37(55-27-48-28)34-20-19-29(23-35(34)45)25-47-39(52)36-24-33(51)26-50(36)40(53)38(49-41(54)43(46)21-22-43)42(2,3)56-44(30-13-7-4-8-14-30,31-15-9-5-10-16-31)32-17-11-6-12-18-32/h4-20,23,27,33,36,38,51H,21-22,24-26H2,1-3H3,(H,47,52)(H,49,54)/t33-,36-,38?/m1/s1. The van der Waals surface area contributed by atoms with Gasteiger partial charge in [0.15, 0.2) is 5.67 Å². The molecule has 3 atom stereocenters. The highest BCUT2D eigenvalue weighted by molar-refractivity contribution is 8.02. The van der Waals surface area contributed by atoms with Crippen LogP contribution in [0.25, 0.3) is 10.4 Å². The number of alkyl halides is 1. The second-order valence-electron chi connectivity index (χ2n) is 15.1. The molecule has 8 nitrogen and oxygen atoms in total. The van der Waals surface area contributed by atoms with Gasteiger partial charge in [-0.15, -0.1) is 23.1 Å². The molecule has 1 unspecified atom stereocenters. The maximum Gasteiger partial charge on any atom is 0.258 e. The molecular formula is C44H44F2N4O4S2. The van der Waals surface area contributed by atoms with Crippen LogP contribution in [0.1, 0.15) is 61.1 Å². The van der Waals surface area contributed by atoms with E-state index in [1.165, 1.54) is 34.1 Å². The summed E-state index contributed by atoms with van der Waals surface area (Å²) < 4.78 is 28.6. The van der Waals surface area contributed by atoms with E-state index in [0.29, 0.717) is 11.1 Å². The molecule has 2 aliphatic rings. The second kappa shape index (κ2) is 15.9. The lowest BCUT2D eigenvalue weighted by Crippen LogP contribution is -2.61. The van der Waals surface area contributed by atoms with Crippen LogP contribution in [0.5, 0.6) is 0 Å². The highest BCUT2D eigenvalue weighted by Gasteiger charge is 2.55. The fraction of sp³-hybridized carbons (Fsp3) is 0.318. The number of rotatable bonds is 13. The van der Waals surface area contributed by atoms with Crippen molar-refractivity contribution in [2.24, 2.45) is 0 Å². The molecule has 2 fully saturated rings. The number of likely N-dealkylation sites (tertiary alicyclic amines) is 1. The molecule has 0 radical (unpaired) electrons. The number of amides is 3. The molecule has 4 aromatic carbocycles. The highest BCUT2D eigenvalue weighted by Crippen LogP contribution is 2.54. The number of β-amino-alcohol motifs (C(OH)–C–C–N with tert-alkyl or cyclic N) is 1. The minimum absolute atomic E-state index is 0.0219. The number of nitrogens with zero attached hydrogens (tertiary/aromatic N) is 2. The smallest absolute Gasteiger partial charge is 0.258 e. The topological polar surface area (TPSA) is 112 Å². The lowest BCUT2D eigenvalue weighted by Gasteiger charge is -2.45. The number of carbonyl (C=O) groups is 3. The number of aryl methyl sites for hydroxylation is 1. The number of hydrogen-bond acceptors (Lipinski definition) is 7. The quantitative estimate of drug-likeness (QED) is 0.108. The van der Waals surface area contributed by atoms with Gasteiger partial charge in [-0.2, -0.15) is 0 Å². The van der Waals surface area contributed by atoms with Crippen LogP contribution in [0.2, 0.25) is 0 Å². The van der Waals surface area contributed by atoms with E-state index in [4.69, 9.17) is 0 Å². The van der Waals surface area contributed by atoms with Crippen molar-refractivity contribution in [1.29, 1.82) is 0 Å². The normalized spacial score (nSPS) is 18.3. The number of aromatic nitrogens is 1. The van der Waals surface area contributed by atoms with Crippen LogP contribution in [0, 0.1) is 12.7 Å².